The van der Waals surface area contributed by atoms with Gasteiger partial charge >= 0.3 is 0 Å². The van der Waals surface area contributed by atoms with Crippen LogP contribution in [0.4, 0.5) is 8.78 Å². The molecule has 2 heterocycles. The Morgan fingerprint density at radius 1 is 1.35 bits per heavy atom. The summed E-state index contributed by atoms with van der Waals surface area (Å²) in [6.45, 7) is 0.768. The lowest BCUT2D eigenvalue weighted by molar-refractivity contribution is 0.0176. The number of halogens is 2. The number of hydrogen-bond donors (Lipinski definition) is 2. The van der Waals surface area contributed by atoms with Crippen molar-refractivity contribution in [2.45, 2.75) is 19.3 Å². The van der Waals surface area contributed by atoms with E-state index in [1.54, 1.807) is 0 Å². The standard InChI is InChI=1S/C12H10F2N2O2.C4H6S/c1-12(13,14)7-3-2-6-4-8(10(15)17)11(18)16-9(6)5-7;1-2-4-5-3-1/h2-5H,1H3,(H2,15,17)(H,16,18);1,3H,2,4H2. The summed E-state index contributed by atoms with van der Waals surface area (Å²) in [4.78, 5) is 24.8. The van der Waals surface area contributed by atoms with Crippen molar-refractivity contribution >= 4 is 28.6 Å². The third kappa shape index (κ3) is 4.41. The van der Waals surface area contributed by atoms with Gasteiger partial charge in [0.05, 0.1) is 0 Å². The number of hydrogen-bond acceptors (Lipinski definition) is 3. The fourth-order valence-corrected chi connectivity index (χ4v) is 2.68. The summed E-state index contributed by atoms with van der Waals surface area (Å²) in [7, 11) is 0. The highest BCUT2D eigenvalue weighted by Crippen LogP contribution is 2.28. The zero-order valence-electron chi connectivity index (χ0n) is 12.4. The number of rotatable bonds is 2. The lowest BCUT2D eigenvalue weighted by Crippen LogP contribution is -2.23. The van der Waals surface area contributed by atoms with Crippen molar-refractivity contribution in [1.29, 1.82) is 0 Å². The van der Waals surface area contributed by atoms with Crippen molar-refractivity contribution in [3.63, 3.8) is 0 Å². The predicted molar refractivity (Wildman–Crippen MR) is 88.9 cm³/mol. The molecule has 122 valence electrons. The van der Waals surface area contributed by atoms with Gasteiger partial charge in [-0.15, -0.1) is 11.8 Å². The first-order chi connectivity index (χ1) is 10.8. The molecule has 0 unspecified atom stereocenters. The number of amides is 1. The molecule has 2 aromatic rings. The van der Waals surface area contributed by atoms with Gasteiger partial charge < -0.3 is 10.7 Å². The number of allylic oxidation sites excluding steroid dienone is 1. The molecule has 0 spiro atoms. The van der Waals surface area contributed by atoms with E-state index < -0.39 is 17.4 Å². The van der Waals surface area contributed by atoms with Crippen LogP contribution in [0.3, 0.4) is 0 Å². The van der Waals surface area contributed by atoms with E-state index in [1.807, 2.05) is 11.8 Å². The fraction of sp³-hybridized carbons (Fsp3) is 0.250. The van der Waals surface area contributed by atoms with E-state index >= 15 is 0 Å². The Morgan fingerprint density at radius 2 is 2.09 bits per heavy atom. The SMILES string of the molecule is C1=CSCC1.CC(F)(F)c1ccc2cc(C(N)=O)c(=O)[nH]c2c1. The summed E-state index contributed by atoms with van der Waals surface area (Å²) in [5.41, 5.74) is 4.17. The molecule has 3 rings (SSSR count). The highest BCUT2D eigenvalue weighted by molar-refractivity contribution is 8.02. The summed E-state index contributed by atoms with van der Waals surface area (Å²) in [6.07, 6.45) is 3.48. The van der Waals surface area contributed by atoms with Crippen LogP contribution in [0.25, 0.3) is 10.9 Å². The number of aromatic amines is 1. The van der Waals surface area contributed by atoms with Gasteiger partial charge in [0.2, 0.25) is 0 Å². The van der Waals surface area contributed by atoms with Crippen molar-refractivity contribution in [3.05, 3.63) is 57.2 Å². The molecule has 1 aromatic heterocycles. The van der Waals surface area contributed by atoms with E-state index in [1.165, 1.54) is 36.4 Å². The van der Waals surface area contributed by atoms with Crippen LogP contribution in [0.5, 0.6) is 0 Å². The van der Waals surface area contributed by atoms with Gasteiger partial charge in [-0.25, -0.2) is 8.78 Å². The zero-order chi connectivity index (χ0) is 17.0. The zero-order valence-corrected chi connectivity index (χ0v) is 13.3. The minimum atomic E-state index is -2.99. The Labute approximate surface area is 135 Å². The summed E-state index contributed by atoms with van der Waals surface area (Å²) in [5.74, 6) is -2.55. The van der Waals surface area contributed by atoms with Gasteiger partial charge in [-0.05, 0) is 29.3 Å². The number of nitrogens with two attached hydrogens (primary N) is 1. The number of nitrogens with one attached hydrogen (secondary N) is 1. The largest absolute Gasteiger partial charge is 0.365 e. The van der Waals surface area contributed by atoms with Gasteiger partial charge in [0, 0.05) is 23.8 Å². The first-order valence-corrected chi connectivity index (χ1v) is 7.95. The minimum Gasteiger partial charge on any atom is -0.365 e. The number of primary amides is 1. The minimum absolute atomic E-state index is 0.196. The topological polar surface area (TPSA) is 76.0 Å². The lowest BCUT2D eigenvalue weighted by atomic mass is 10.1. The van der Waals surface area contributed by atoms with Gasteiger partial charge in [0.15, 0.2) is 0 Å². The van der Waals surface area contributed by atoms with Crippen LogP contribution >= 0.6 is 11.8 Å². The summed E-state index contributed by atoms with van der Waals surface area (Å²) < 4.78 is 26.2. The van der Waals surface area contributed by atoms with Crippen molar-refractivity contribution in [2.24, 2.45) is 5.73 Å². The maximum atomic E-state index is 13.1. The molecule has 4 nitrogen and oxygen atoms in total. The number of pyridine rings is 1. The second-order valence-corrected chi connectivity index (χ2v) is 6.11. The van der Waals surface area contributed by atoms with Gasteiger partial charge in [-0.2, -0.15) is 0 Å². The van der Waals surface area contributed by atoms with E-state index in [0.717, 1.165) is 6.92 Å². The normalized spacial score (nSPS) is 13.7. The van der Waals surface area contributed by atoms with Gasteiger partial charge in [0.25, 0.3) is 17.4 Å². The third-order valence-corrected chi connectivity index (χ3v) is 4.07. The molecule has 0 atom stereocenters. The number of alkyl halides is 2. The molecule has 0 saturated heterocycles. The molecule has 23 heavy (non-hydrogen) atoms. The van der Waals surface area contributed by atoms with E-state index in [9.17, 15) is 18.4 Å². The van der Waals surface area contributed by atoms with Crippen LogP contribution in [0.15, 0.2) is 40.5 Å². The first kappa shape index (κ1) is 17.2. The summed E-state index contributed by atoms with van der Waals surface area (Å²) in [6, 6.07) is 5.12. The molecular formula is C16H16F2N2O2S. The fourth-order valence-electron chi connectivity index (χ4n) is 2.00. The molecule has 7 heteroatoms. The maximum absolute atomic E-state index is 13.1. The van der Waals surface area contributed by atoms with E-state index in [-0.39, 0.29) is 16.6 Å². The van der Waals surface area contributed by atoms with Crippen LogP contribution in [0.2, 0.25) is 0 Å². The molecule has 1 aliphatic heterocycles. The van der Waals surface area contributed by atoms with Crippen LogP contribution < -0.4 is 11.3 Å². The smallest absolute Gasteiger partial charge is 0.270 e. The maximum Gasteiger partial charge on any atom is 0.270 e. The molecule has 0 aliphatic carbocycles. The van der Waals surface area contributed by atoms with Crippen LogP contribution in [0, 0.1) is 0 Å². The Balaban J connectivity index is 0.000000326. The summed E-state index contributed by atoms with van der Waals surface area (Å²) >= 11 is 1.89. The number of benzene rings is 1. The third-order valence-electron chi connectivity index (χ3n) is 3.21. The van der Waals surface area contributed by atoms with Crippen LogP contribution in [0.1, 0.15) is 29.3 Å². The Hall–Kier alpha value is -2.15. The predicted octanol–water partition coefficient (Wildman–Crippen LogP) is 3.38. The Morgan fingerprint density at radius 3 is 2.57 bits per heavy atom. The molecule has 0 radical (unpaired) electrons. The molecule has 0 saturated carbocycles. The summed E-state index contributed by atoms with van der Waals surface area (Å²) in [5, 5.41) is 2.62. The molecule has 1 aliphatic rings. The van der Waals surface area contributed by atoms with Gasteiger partial charge in [0.1, 0.15) is 5.56 Å². The van der Waals surface area contributed by atoms with E-state index in [2.05, 4.69) is 16.5 Å². The molecule has 3 N–H and O–H groups in total. The lowest BCUT2D eigenvalue weighted by Gasteiger charge is -2.11. The quantitative estimate of drug-likeness (QED) is 0.881. The highest BCUT2D eigenvalue weighted by Gasteiger charge is 2.24. The first-order valence-electron chi connectivity index (χ1n) is 6.91. The number of carbonyl (C=O) groups is 1. The molecule has 0 bridgehead atoms. The molecule has 0 fully saturated rings. The average Bonchev–Trinajstić information content (AvgIpc) is 3.04. The van der Waals surface area contributed by atoms with Crippen LogP contribution in [-0.4, -0.2) is 16.6 Å². The number of thioether (sulfide) groups is 1. The van der Waals surface area contributed by atoms with Crippen LogP contribution in [-0.2, 0) is 5.92 Å². The van der Waals surface area contributed by atoms with Gasteiger partial charge in [-0.1, -0.05) is 18.2 Å². The monoisotopic (exact) mass is 338 g/mol. The molecular weight excluding hydrogens is 322 g/mol. The number of fused-ring (bicyclic) bond motifs is 1. The van der Waals surface area contributed by atoms with Crippen molar-refractivity contribution in [3.8, 4) is 0 Å². The Kier molecular flexibility index (Phi) is 5.20. The second kappa shape index (κ2) is 6.95. The van der Waals surface area contributed by atoms with Crippen molar-refractivity contribution in [1.82, 2.24) is 4.98 Å². The molecule has 1 amide bonds. The van der Waals surface area contributed by atoms with Gasteiger partial charge in [-0.3, -0.25) is 9.59 Å². The second-order valence-electron chi connectivity index (χ2n) is 5.10. The number of H-pyrrole nitrogens is 1. The number of aromatic nitrogens is 1. The van der Waals surface area contributed by atoms with E-state index in [0.29, 0.717) is 5.39 Å². The van der Waals surface area contributed by atoms with E-state index in [4.69, 9.17) is 5.73 Å². The average molecular weight is 338 g/mol. The van der Waals surface area contributed by atoms with Crippen molar-refractivity contribution in [2.75, 3.05) is 5.75 Å². The number of carbonyl (C=O) groups excluding carboxylic acids is 1. The van der Waals surface area contributed by atoms with Crippen molar-refractivity contribution < 1.29 is 13.6 Å². The highest BCUT2D eigenvalue weighted by atomic mass is 32.2. The Bertz CT molecular complexity index is 804. The molecule has 1 aromatic carbocycles.